The molecule has 0 unspecified atom stereocenters. The van der Waals surface area contributed by atoms with Crippen molar-refractivity contribution in [2.75, 3.05) is 66.4 Å². The second kappa shape index (κ2) is 17.8. The summed E-state index contributed by atoms with van der Waals surface area (Å²) in [5.74, 6) is 0. The van der Waals surface area contributed by atoms with Crippen LogP contribution in [0.3, 0.4) is 0 Å². The lowest BCUT2D eigenvalue weighted by Crippen LogP contribution is -2.24. The van der Waals surface area contributed by atoms with Crippen LogP contribution in [-0.2, 0) is 18.9 Å². The van der Waals surface area contributed by atoms with Gasteiger partial charge in [0.15, 0.2) is 0 Å². The fourth-order valence-corrected chi connectivity index (χ4v) is 1.37. The van der Waals surface area contributed by atoms with Gasteiger partial charge in [0.2, 0.25) is 0 Å². The average Bonchev–Trinajstić information content (AvgIpc) is 2.43. The Morgan fingerprint density at radius 1 is 0.684 bits per heavy atom. The third-order valence-corrected chi connectivity index (χ3v) is 2.50. The minimum absolute atomic E-state index is 0.658. The SMILES string of the molecule is CCCCOCCNCCOCCCOCCOC. The first kappa shape index (κ1) is 18.8. The smallest absolute Gasteiger partial charge is 0.0700 e. The van der Waals surface area contributed by atoms with E-state index in [1.165, 1.54) is 6.42 Å². The molecular formula is C14H31NO4. The maximum absolute atomic E-state index is 5.47. The van der Waals surface area contributed by atoms with E-state index in [0.717, 1.165) is 59.0 Å². The molecule has 0 saturated carbocycles. The minimum atomic E-state index is 0.658. The Kier molecular flexibility index (Phi) is 17.6. The van der Waals surface area contributed by atoms with Gasteiger partial charge in [0.1, 0.15) is 0 Å². The summed E-state index contributed by atoms with van der Waals surface area (Å²) < 4.78 is 21.1. The molecule has 0 aliphatic carbocycles. The van der Waals surface area contributed by atoms with Crippen LogP contribution in [0.25, 0.3) is 0 Å². The summed E-state index contributed by atoms with van der Waals surface area (Å²) in [5.41, 5.74) is 0. The predicted octanol–water partition coefficient (Wildman–Crippen LogP) is 1.46. The van der Waals surface area contributed by atoms with E-state index >= 15 is 0 Å². The van der Waals surface area contributed by atoms with Gasteiger partial charge in [0, 0.05) is 40.0 Å². The molecule has 0 aliphatic rings. The van der Waals surface area contributed by atoms with E-state index in [1.54, 1.807) is 7.11 Å². The zero-order valence-corrected chi connectivity index (χ0v) is 12.6. The Morgan fingerprint density at radius 2 is 1.26 bits per heavy atom. The molecule has 0 saturated heterocycles. The Balaban J connectivity index is 2.88. The van der Waals surface area contributed by atoms with Crippen molar-refractivity contribution in [3.8, 4) is 0 Å². The number of unbranched alkanes of at least 4 members (excludes halogenated alkanes) is 1. The van der Waals surface area contributed by atoms with Crippen molar-refractivity contribution < 1.29 is 18.9 Å². The van der Waals surface area contributed by atoms with Crippen LogP contribution in [0.4, 0.5) is 0 Å². The second-order valence-electron chi connectivity index (χ2n) is 4.29. The van der Waals surface area contributed by atoms with Crippen molar-refractivity contribution in [1.82, 2.24) is 5.32 Å². The van der Waals surface area contributed by atoms with Crippen molar-refractivity contribution in [3.05, 3.63) is 0 Å². The van der Waals surface area contributed by atoms with Gasteiger partial charge in [-0.2, -0.15) is 0 Å². The fraction of sp³-hybridized carbons (Fsp3) is 1.00. The molecule has 116 valence electrons. The lowest BCUT2D eigenvalue weighted by atomic mass is 10.4. The van der Waals surface area contributed by atoms with Gasteiger partial charge in [-0.3, -0.25) is 0 Å². The normalized spacial score (nSPS) is 11.1. The second-order valence-corrected chi connectivity index (χ2v) is 4.29. The summed E-state index contributed by atoms with van der Waals surface area (Å²) in [5, 5.41) is 3.28. The highest BCUT2D eigenvalue weighted by Gasteiger charge is 1.92. The zero-order valence-electron chi connectivity index (χ0n) is 12.6. The summed E-state index contributed by atoms with van der Waals surface area (Å²) in [6.45, 7) is 9.15. The molecule has 0 aromatic carbocycles. The molecule has 0 bridgehead atoms. The molecule has 0 heterocycles. The van der Waals surface area contributed by atoms with Gasteiger partial charge in [0.25, 0.3) is 0 Å². The summed E-state index contributed by atoms with van der Waals surface area (Å²) in [6, 6.07) is 0. The van der Waals surface area contributed by atoms with Crippen molar-refractivity contribution >= 4 is 0 Å². The van der Waals surface area contributed by atoms with Gasteiger partial charge in [0.05, 0.1) is 26.4 Å². The van der Waals surface area contributed by atoms with E-state index in [9.17, 15) is 0 Å². The lowest BCUT2D eigenvalue weighted by Gasteiger charge is -2.07. The van der Waals surface area contributed by atoms with E-state index in [0.29, 0.717) is 13.2 Å². The van der Waals surface area contributed by atoms with Gasteiger partial charge in [-0.05, 0) is 12.8 Å². The maximum Gasteiger partial charge on any atom is 0.0700 e. The zero-order chi connectivity index (χ0) is 14.0. The number of hydrogen-bond acceptors (Lipinski definition) is 5. The number of hydrogen-bond donors (Lipinski definition) is 1. The number of rotatable bonds is 16. The third kappa shape index (κ3) is 17.8. The highest BCUT2D eigenvalue weighted by molar-refractivity contribution is 4.45. The quantitative estimate of drug-likeness (QED) is 0.433. The van der Waals surface area contributed by atoms with Crippen molar-refractivity contribution in [3.63, 3.8) is 0 Å². The minimum Gasteiger partial charge on any atom is -0.382 e. The highest BCUT2D eigenvalue weighted by atomic mass is 16.5. The first-order valence-electron chi connectivity index (χ1n) is 7.34. The first-order chi connectivity index (χ1) is 9.41. The Labute approximate surface area is 117 Å². The monoisotopic (exact) mass is 277 g/mol. The largest absolute Gasteiger partial charge is 0.382 e. The molecule has 0 aromatic heterocycles. The molecule has 0 spiro atoms. The van der Waals surface area contributed by atoms with Gasteiger partial charge in [-0.1, -0.05) is 13.3 Å². The number of ether oxygens (including phenoxy) is 4. The van der Waals surface area contributed by atoms with Crippen LogP contribution >= 0.6 is 0 Å². The van der Waals surface area contributed by atoms with Crippen molar-refractivity contribution in [2.24, 2.45) is 0 Å². The average molecular weight is 277 g/mol. The highest BCUT2D eigenvalue weighted by Crippen LogP contribution is 1.87. The summed E-state index contributed by atoms with van der Waals surface area (Å²) in [7, 11) is 1.67. The van der Waals surface area contributed by atoms with Crippen LogP contribution in [0.2, 0.25) is 0 Å². The molecule has 0 fully saturated rings. The molecular weight excluding hydrogens is 246 g/mol. The maximum atomic E-state index is 5.47. The van der Waals surface area contributed by atoms with Crippen LogP contribution in [0.1, 0.15) is 26.2 Å². The molecule has 0 radical (unpaired) electrons. The van der Waals surface area contributed by atoms with Crippen LogP contribution in [0.5, 0.6) is 0 Å². The van der Waals surface area contributed by atoms with Gasteiger partial charge in [-0.25, -0.2) is 0 Å². The molecule has 1 N–H and O–H groups in total. The van der Waals surface area contributed by atoms with Gasteiger partial charge < -0.3 is 24.3 Å². The molecule has 5 heteroatoms. The van der Waals surface area contributed by atoms with Gasteiger partial charge in [-0.15, -0.1) is 0 Å². The molecule has 0 atom stereocenters. The molecule has 0 amide bonds. The van der Waals surface area contributed by atoms with Crippen LogP contribution in [0.15, 0.2) is 0 Å². The Morgan fingerprint density at radius 3 is 1.84 bits per heavy atom. The Hall–Kier alpha value is -0.200. The molecule has 0 aromatic rings. The van der Waals surface area contributed by atoms with Crippen LogP contribution < -0.4 is 5.32 Å². The van der Waals surface area contributed by atoms with E-state index in [2.05, 4.69) is 12.2 Å². The lowest BCUT2D eigenvalue weighted by molar-refractivity contribution is 0.0515. The summed E-state index contributed by atoms with van der Waals surface area (Å²) in [4.78, 5) is 0. The fourth-order valence-electron chi connectivity index (χ4n) is 1.37. The molecule has 0 rings (SSSR count). The Bertz CT molecular complexity index is 142. The molecule has 5 nitrogen and oxygen atoms in total. The van der Waals surface area contributed by atoms with E-state index in [-0.39, 0.29) is 0 Å². The van der Waals surface area contributed by atoms with Crippen molar-refractivity contribution in [1.29, 1.82) is 0 Å². The summed E-state index contributed by atoms with van der Waals surface area (Å²) >= 11 is 0. The topological polar surface area (TPSA) is 49.0 Å². The van der Waals surface area contributed by atoms with E-state index < -0.39 is 0 Å². The number of methoxy groups -OCH3 is 1. The first-order valence-corrected chi connectivity index (χ1v) is 7.34. The van der Waals surface area contributed by atoms with E-state index in [4.69, 9.17) is 18.9 Å². The molecule has 0 aliphatic heterocycles. The predicted molar refractivity (Wildman–Crippen MR) is 76.7 cm³/mol. The van der Waals surface area contributed by atoms with Gasteiger partial charge >= 0.3 is 0 Å². The standard InChI is InChI=1S/C14H31NO4/c1-3-4-8-17-11-6-15-7-12-18-9-5-10-19-14-13-16-2/h15H,3-14H2,1-2H3. The van der Waals surface area contributed by atoms with Crippen molar-refractivity contribution in [2.45, 2.75) is 26.2 Å². The number of nitrogens with one attached hydrogen (secondary N) is 1. The van der Waals surface area contributed by atoms with Crippen LogP contribution in [-0.4, -0.2) is 66.4 Å². The summed E-state index contributed by atoms with van der Waals surface area (Å²) in [6.07, 6.45) is 3.27. The van der Waals surface area contributed by atoms with Crippen LogP contribution in [0, 0.1) is 0 Å². The van der Waals surface area contributed by atoms with E-state index in [1.807, 2.05) is 0 Å². The molecule has 19 heavy (non-hydrogen) atoms. The third-order valence-electron chi connectivity index (χ3n) is 2.50.